The Morgan fingerprint density at radius 3 is 1.49 bits per heavy atom. The molecule has 0 N–H and O–H groups in total. The molecule has 4 aliphatic rings. The molecule has 0 bridgehead atoms. The summed E-state index contributed by atoms with van der Waals surface area (Å²) in [5, 5.41) is 4.40. The minimum atomic E-state index is -0.245. The fraction of sp³-hybridized carbons (Fsp3) is 0. The van der Waals surface area contributed by atoms with Gasteiger partial charge < -0.3 is 28.8 Å². The first kappa shape index (κ1) is 46.8. The average Bonchev–Trinajstić information content (AvgIpc) is 2.17. The second-order valence-corrected chi connectivity index (χ2v) is 22.2. The Labute approximate surface area is 487 Å². The van der Waals surface area contributed by atoms with E-state index >= 15 is 0 Å². The number of hydrogen-bond donors (Lipinski definition) is 0. The van der Waals surface area contributed by atoms with Crippen LogP contribution >= 0.6 is 0 Å². The van der Waals surface area contributed by atoms with Gasteiger partial charge >= 0.3 is 0 Å². The quantitative estimate of drug-likeness (QED) is 0.148. The van der Waals surface area contributed by atoms with E-state index in [0.717, 1.165) is 135 Å². The number of rotatable bonds is 7. The highest BCUT2D eigenvalue weighted by Crippen LogP contribution is 2.55. The van der Waals surface area contributed by atoms with Gasteiger partial charge in [-0.05, 0) is 140 Å². The highest BCUT2D eigenvalue weighted by molar-refractivity contribution is 7.03. The summed E-state index contributed by atoms with van der Waals surface area (Å²) in [5.74, 6) is 1.61. The van der Waals surface area contributed by atoms with Crippen LogP contribution in [-0.4, -0.2) is 13.4 Å². The molecule has 18 rings (SSSR count). The highest BCUT2D eigenvalue weighted by atomic mass is 16.5. The summed E-state index contributed by atoms with van der Waals surface area (Å²) in [5.41, 5.74) is 23.8. The van der Waals surface area contributed by atoms with Gasteiger partial charge in [0.15, 0.2) is 0 Å². The first-order chi connectivity index (χ1) is 41.7. The van der Waals surface area contributed by atoms with Crippen LogP contribution in [0.5, 0.6) is 11.5 Å². The lowest BCUT2D eigenvalue weighted by Gasteiger charge is -2.46. The number of hydrogen-bond acceptors (Lipinski definition) is 6. The molecule has 4 aliphatic heterocycles. The molecule has 8 heteroatoms. The number of para-hydroxylation sites is 8. The van der Waals surface area contributed by atoms with Crippen molar-refractivity contribution < 1.29 is 9.15 Å². The molecule has 1 aromatic heterocycles. The SMILES string of the molecule is c1ccc(N(c2ccccc2)c2cc3c4c(c2)N(c2ccccc2)c2cc5c(cc2B4c2ccccc2N3c2ccccc2)B2c3ccccc3N(c3ccccc3)c3c2c(c(-c2cccc4ccccc24)c2oc4ccccc4c32)O5)cc1. The molecule has 390 valence electrons. The molecule has 0 saturated heterocycles. The van der Waals surface area contributed by atoms with E-state index in [2.05, 4.69) is 311 Å². The number of ether oxygens (including phenoxy) is 1. The van der Waals surface area contributed by atoms with Crippen LogP contribution < -0.4 is 57.1 Å². The molecule has 0 fully saturated rings. The lowest BCUT2D eigenvalue weighted by molar-refractivity contribution is 0.489. The van der Waals surface area contributed by atoms with E-state index in [1.807, 2.05) is 0 Å². The molecular weight excluding hydrogens is 1020 g/mol. The Hall–Kier alpha value is -11.0. The molecule has 0 atom stereocenters. The van der Waals surface area contributed by atoms with E-state index in [9.17, 15) is 0 Å². The van der Waals surface area contributed by atoms with Crippen LogP contribution in [-0.2, 0) is 0 Å². The van der Waals surface area contributed by atoms with Crippen LogP contribution in [0.25, 0.3) is 43.8 Å². The van der Waals surface area contributed by atoms with Crippen molar-refractivity contribution in [2.75, 3.05) is 19.6 Å². The van der Waals surface area contributed by atoms with Crippen LogP contribution in [0.4, 0.5) is 68.2 Å². The number of anilines is 12. The van der Waals surface area contributed by atoms with E-state index in [-0.39, 0.29) is 13.4 Å². The monoisotopic (exact) mass is 1070 g/mol. The van der Waals surface area contributed by atoms with Crippen molar-refractivity contribution >= 4 is 147 Å². The second-order valence-electron chi connectivity index (χ2n) is 22.2. The van der Waals surface area contributed by atoms with Gasteiger partial charge in [0.05, 0.1) is 22.3 Å². The third-order valence-corrected chi connectivity index (χ3v) is 17.8. The lowest BCUT2D eigenvalue weighted by atomic mass is 9.30. The smallest absolute Gasteiger partial charge is 0.256 e. The molecule has 0 aliphatic carbocycles. The Balaban J connectivity index is 0.973. The van der Waals surface area contributed by atoms with Gasteiger partial charge in [-0.1, -0.05) is 194 Å². The minimum Gasteiger partial charge on any atom is -0.457 e. The maximum absolute atomic E-state index is 8.00. The fourth-order valence-electron chi connectivity index (χ4n) is 14.5. The molecule has 0 saturated carbocycles. The molecular formula is C76H48B2N4O2. The summed E-state index contributed by atoms with van der Waals surface area (Å²) < 4.78 is 15.3. The highest BCUT2D eigenvalue weighted by Gasteiger charge is 2.49. The normalized spacial score (nSPS) is 13.2. The molecule has 0 spiro atoms. The van der Waals surface area contributed by atoms with Crippen LogP contribution in [0.3, 0.4) is 0 Å². The van der Waals surface area contributed by atoms with E-state index in [4.69, 9.17) is 9.15 Å². The zero-order valence-corrected chi connectivity index (χ0v) is 45.5. The summed E-state index contributed by atoms with van der Waals surface area (Å²) >= 11 is 0. The molecule has 6 nitrogen and oxygen atoms in total. The number of benzene rings is 13. The van der Waals surface area contributed by atoms with Crippen LogP contribution in [0, 0.1) is 0 Å². The van der Waals surface area contributed by atoms with Gasteiger partial charge in [-0.3, -0.25) is 0 Å². The summed E-state index contributed by atoms with van der Waals surface area (Å²) in [6.07, 6.45) is 0. The van der Waals surface area contributed by atoms with E-state index in [1.54, 1.807) is 0 Å². The van der Waals surface area contributed by atoms with Crippen molar-refractivity contribution in [2.24, 2.45) is 0 Å². The lowest BCUT2D eigenvalue weighted by Crippen LogP contribution is -2.64. The molecule has 0 unspecified atom stereocenters. The van der Waals surface area contributed by atoms with Gasteiger partial charge in [0.1, 0.15) is 22.7 Å². The van der Waals surface area contributed by atoms with Crippen molar-refractivity contribution in [2.45, 2.75) is 0 Å². The Bertz CT molecular complexity index is 4940. The summed E-state index contributed by atoms with van der Waals surface area (Å²) in [7, 11) is 0. The van der Waals surface area contributed by atoms with Gasteiger partial charge in [-0.2, -0.15) is 0 Å². The number of nitrogens with zero attached hydrogens (tertiary/aromatic N) is 4. The van der Waals surface area contributed by atoms with Crippen molar-refractivity contribution in [3.63, 3.8) is 0 Å². The van der Waals surface area contributed by atoms with Crippen molar-refractivity contribution in [3.8, 4) is 22.6 Å². The van der Waals surface area contributed by atoms with Gasteiger partial charge in [0.25, 0.3) is 13.4 Å². The third-order valence-electron chi connectivity index (χ3n) is 17.8. The van der Waals surface area contributed by atoms with Crippen LogP contribution in [0.2, 0.25) is 0 Å². The molecule has 0 amide bonds. The van der Waals surface area contributed by atoms with E-state index < -0.39 is 0 Å². The zero-order chi connectivity index (χ0) is 55.0. The first-order valence-electron chi connectivity index (χ1n) is 28.9. The number of fused-ring (bicyclic) bond motifs is 13. The first-order valence-corrected chi connectivity index (χ1v) is 28.9. The Kier molecular flexibility index (Phi) is 10.2. The molecule has 0 radical (unpaired) electrons. The minimum absolute atomic E-state index is 0.172. The van der Waals surface area contributed by atoms with Gasteiger partial charge in [-0.25, -0.2) is 0 Å². The van der Waals surface area contributed by atoms with Crippen molar-refractivity contribution in [3.05, 3.63) is 291 Å². The van der Waals surface area contributed by atoms with Crippen molar-refractivity contribution in [1.29, 1.82) is 0 Å². The largest absolute Gasteiger partial charge is 0.457 e. The number of furan rings is 1. The topological polar surface area (TPSA) is 35.3 Å². The maximum atomic E-state index is 8.00. The summed E-state index contributed by atoms with van der Waals surface area (Å²) in [6, 6.07) is 106. The molecule has 5 heterocycles. The molecule has 14 aromatic rings. The van der Waals surface area contributed by atoms with Crippen LogP contribution in [0.1, 0.15) is 0 Å². The molecule has 13 aromatic carbocycles. The Morgan fingerprint density at radius 2 is 0.845 bits per heavy atom. The van der Waals surface area contributed by atoms with Gasteiger partial charge in [-0.15, -0.1) is 0 Å². The van der Waals surface area contributed by atoms with Gasteiger partial charge in [0, 0.05) is 68.3 Å². The maximum Gasteiger partial charge on any atom is 0.256 e. The predicted octanol–water partition coefficient (Wildman–Crippen LogP) is 16.4. The third kappa shape index (κ3) is 6.76. The van der Waals surface area contributed by atoms with Gasteiger partial charge in [0.2, 0.25) is 0 Å². The predicted molar refractivity (Wildman–Crippen MR) is 351 cm³/mol. The summed E-state index contributed by atoms with van der Waals surface area (Å²) in [4.78, 5) is 9.86. The summed E-state index contributed by atoms with van der Waals surface area (Å²) in [6.45, 7) is -0.417. The zero-order valence-electron chi connectivity index (χ0n) is 45.5. The van der Waals surface area contributed by atoms with Crippen molar-refractivity contribution in [1.82, 2.24) is 0 Å². The average molecular weight is 1070 g/mol. The van der Waals surface area contributed by atoms with E-state index in [1.165, 1.54) is 21.9 Å². The standard InChI is InChI=1S/C76H48B2N4O2/c1-6-27-50(28-7-1)79(51-29-8-2-9-30-51)55-45-66-72-67(46-55)81(53-33-12-4-13-34-53)65-48-69-62(47-61(65)77(72)59-40-19-21-42-63(59)80(66)52-31-10-3-11-32-52)78-60-41-20-22-43-64(60)82(54-35-14-5-15-36-54)74-70-58-38-18-23-44-68(58)83-75(70)71(76(84-69)73(74)78)57-39-24-26-49-25-16-17-37-56(49)57/h1-48H. The second kappa shape index (κ2) is 18.3. The van der Waals surface area contributed by atoms with E-state index in [0.29, 0.717) is 0 Å². The van der Waals surface area contributed by atoms with Crippen LogP contribution in [0.15, 0.2) is 296 Å². The fourth-order valence-corrected chi connectivity index (χ4v) is 14.5. The Morgan fingerprint density at radius 1 is 0.345 bits per heavy atom. The molecule has 84 heavy (non-hydrogen) atoms.